The Balaban J connectivity index is 2.84. The lowest BCUT2D eigenvalue weighted by Gasteiger charge is -2.14. The van der Waals surface area contributed by atoms with Crippen molar-refractivity contribution in [3.05, 3.63) is 24.1 Å². The Labute approximate surface area is 93.9 Å². The maximum absolute atomic E-state index is 12.6. The molecule has 0 bridgehead atoms. The lowest BCUT2D eigenvalue weighted by atomic mass is 10.3. The smallest absolute Gasteiger partial charge is 0.238 e. The van der Waals surface area contributed by atoms with E-state index in [-0.39, 0.29) is 12.4 Å². The van der Waals surface area contributed by atoms with Crippen LogP contribution in [-0.4, -0.2) is 25.2 Å². The van der Waals surface area contributed by atoms with Crippen molar-refractivity contribution in [1.82, 2.24) is 4.98 Å². The minimum atomic E-state index is -3.55. The molecule has 1 rings (SSSR count). The van der Waals surface area contributed by atoms with Crippen LogP contribution in [0.25, 0.3) is 0 Å². The maximum Gasteiger partial charge on any atom is 0.238 e. The van der Waals surface area contributed by atoms with E-state index in [9.17, 15) is 12.8 Å². The van der Waals surface area contributed by atoms with Gasteiger partial charge in [-0.3, -0.25) is 4.72 Å². The Morgan fingerprint density at radius 1 is 1.56 bits per heavy atom. The minimum Gasteiger partial charge on any atom is -0.329 e. The summed E-state index contributed by atoms with van der Waals surface area (Å²) in [6.45, 7) is 1.77. The molecule has 0 aliphatic carbocycles. The van der Waals surface area contributed by atoms with Crippen molar-refractivity contribution in [2.24, 2.45) is 5.73 Å². The summed E-state index contributed by atoms with van der Waals surface area (Å²) in [6.07, 6.45) is 1.36. The Morgan fingerprint density at radius 2 is 2.25 bits per heavy atom. The zero-order valence-corrected chi connectivity index (χ0v) is 9.67. The quantitative estimate of drug-likeness (QED) is 0.802. The molecule has 0 aliphatic rings. The summed E-state index contributed by atoms with van der Waals surface area (Å²) in [4.78, 5) is 3.61. The number of halogens is 1. The molecule has 1 heterocycles. The van der Waals surface area contributed by atoms with Crippen LogP contribution in [0.4, 0.5) is 10.2 Å². The maximum atomic E-state index is 12.6. The van der Waals surface area contributed by atoms with Gasteiger partial charge in [0.2, 0.25) is 10.0 Å². The number of nitrogens with one attached hydrogen (secondary N) is 1. The first-order valence-electron chi connectivity index (χ1n) is 4.83. The first-order chi connectivity index (χ1) is 7.49. The predicted molar refractivity (Wildman–Crippen MR) is 59.9 cm³/mol. The van der Waals surface area contributed by atoms with Crippen molar-refractivity contribution in [2.45, 2.75) is 18.6 Å². The molecule has 0 aromatic carbocycles. The normalized spacial score (nSPS) is 13.4. The molecule has 5 nitrogen and oxygen atoms in total. The standard InChI is InChI=1S/C9H14FN3O2S/c1-2-8(5-11)16(14,15)13-9-4-3-7(10)6-12-9/h3-4,6,8H,2,5,11H2,1H3,(H,12,13). The molecule has 1 aromatic rings. The number of sulfonamides is 1. The van der Waals surface area contributed by atoms with E-state index >= 15 is 0 Å². The van der Waals surface area contributed by atoms with Crippen molar-refractivity contribution in [3.63, 3.8) is 0 Å². The largest absolute Gasteiger partial charge is 0.329 e. The van der Waals surface area contributed by atoms with Crippen molar-refractivity contribution in [2.75, 3.05) is 11.3 Å². The average molecular weight is 247 g/mol. The van der Waals surface area contributed by atoms with Crippen LogP contribution in [0.3, 0.4) is 0 Å². The summed E-state index contributed by atoms with van der Waals surface area (Å²) >= 11 is 0. The summed E-state index contributed by atoms with van der Waals surface area (Å²) in [5, 5.41) is -0.667. The second-order valence-corrected chi connectivity index (χ2v) is 5.24. The highest BCUT2D eigenvalue weighted by molar-refractivity contribution is 7.93. The second-order valence-electron chi connectivity index (χ2n) is 3.27. The highest BCUT2D eigenvalue weighted by Gasteiger charge is 2.22. The molecule has 0 aliphatic heterocycles. The van der Waals surface area contributed by atoms with Crippen molar-refractivity contribution in [3.8, 4) is 0 Å². The van der Waals surface area contributed by atoms with Crippen LogP contribution in [0.15, 0.2) is 18.3 Å². The number of aromatic nitrogens is 1. The molecule has 0 radical (unpaired) electrons. The molecular weight excluding hydrogens is 233 g/mol. The van der Waals surface area contributed by atoms with Crippen LogP contribution in [-0.2, 0) is 10.0 Å². The van der Waals surface area contributed by atoms with Gasteiger partial charge in [0.05, 0.1) is 11.4 Å². The van der Waals surface area contributed by atoms with E-state index in [1.54, 1.807) is 6.92 Å². The van der Waals surface area contributed by atoms with Gasteiger partial charge in [-0.25, -0.2) is 17.8 Å². The zero-order valence-electron chi connectivity index (χ0n) is 8.85. The van der Waals surface area contributed by atoms with E-state index in [1.807, 2.05) is 0 Å². The fourth-order valence-electron chi connectivity index (χ4n) is 1.18. The molecule has 7 heteroatoms. The predicted octanol–water partition coefficient (Wildman–Crippen LogP) is 0.700. The Morgan fingerprint density at radius 3 is 2.69 bits per heavy atom. The van der Waals surface area contributed by atoms with Crippen LogP contribution in [0, 0.1) is 5.82 Å². The van der Waals surface area contributed by atoms with Gasteiger partial charge in [0, 0.05) is 6.54 Å². The van der Waals surface area contributed by atoms with E-state index in [0.29, 0.717) is 6.42 Å². The average Bonchev–Trinajstić information content (AvgIpc) is 2.22. The lowest BCUT2D eigenvalue weighted by molar-refractivity contribution is 0.581. The van der Waals surface area contributed by atoms with Crippen LogP contribution >= 0.6 is 0 Å². The molecular formula is C9H14FN3O2S. The fraction of sp³-hybridized carbons (Fsp3) is 0.444. The van der Waals surface area contributed by atoms with Gasteiger partial charge in [-0.05, 0) is 18.6 Å². The van der Waals surface area contributed by atoms with Gasteiger partial charge in [-0.15, -0.1) is 0 Å². The number of nitrogens with zero attached hydrogens (tertiary/aromatic N) is 1. The molecule has 1 aromatic heterocycles. The van der Waals surface area contributed by atoms with Crippen LogP contribution in [0.2, 0.25) is 0 Å². The molecule has 1 atom stereocenters. The van der Waals surface area contributed by atoms with Gasteiger partial charge in [0.1, 0.15) is 11.6 Å². The summed E-state index contributed by atoms with van der Waals surface area (Å²) in [6, 6.07) is 2.39. The van der Waals surface area contributed by atoms with E-state index in [1.165, 1.54) is 6.07 Å². The van der Waals surface area contributed by atoms with Crippen LogP contribution in [0.1, 0.15) is 13.3 Å². The summed E-state index contributed by atoms with van der Waals surface area (Å²) in [5.41, 5.74) is 5.35. The topological polar surface area (TPSA) is 85.1 Å². The van der Waals surface area contributed by atoms with Gasteiger partial charge in [0.15, 0.2) is 0 Å². The van der Waals surface area contributed by atoms with Crippen molar-refractivity contribution >= 4 is 15.8 Å². The van der Waals surface area contributed by atoms with Gasteiger partial charge in [-0.1, -0.05) is 6.92 Å². The molecule has 90 valence electrons. The van der Waals surface area contributed by atoms with Gasteiger partial charge in [-0.2, -0.15) is 0 Å². The molecule has 0 fully saturated rings. The van der Waals surface area contributed by atoms with Gasteiger partial charge in [0.25, 0.3) is 0 Å². The first-order valence-corrected chi connectivity index (χ1v) is 6.37. The number of hydrogen-bond acceptors (Lipinski definition) is 4. The third-order valence-electron chi connectivity index (χ3n) is 2.13. The summed E-state index contributed by atoms with van der Waals surface area (Å²) in [5.74, 6) is -0.429. The number of pyridine rings is 1. The zero-order chi connectivity index (χ0) is 12.2. The Hall–Kier alpha value is -1.21. The van der Waals surface area contributed by atoms with Gasteiger partial charge >= 0.3 is 0 Å². The van der Waals surface area contributed by atoms with Crippen LogP contribution in [0.5, 0.6) is 0 Å². The van der Waals surface area contributed by atoms with E-state index in [0.717, 1.165) is 12.3 Å². The highest BCUT2D eigenvalue weighted by atomic mass is 32.2. The van der Waals surface area contributed by atoms with Crippen molar-refractivity contribution < 1.29 is 12.8 Å². The van der Waals surface area contributed by atoms with Crippen LogP contribution < -0.4 is 10.5 Å². The summed E-state index contributed by atoms with van der Waals surface area (Å²) < 4.78 is 38.3. The van der Waals surface area contributed by atoms with E-state index < -0.39 is 21.1 Å². The number of anilines is 1. The molecule has 0 amide bonds. The Kier molecular flexibility index (Phi) is 4.19. The molecule has 1 unspecified atom stereocenters. The van der Waals surface area contributed by atoms with Crippen molar-refractivity contribution in [1.29, 1.82) is 0 Å². The second kappa shape index (κ2) is 5.22. The number of nitrogens with two attached hydrogens (primary N) is 1. The molecule has 0 saturated carbocycles. The minimum absolute atomic E-state index is 0.0348. The Bertz CT molecular complexity index is 429. The first kappa shape index (κ1) is 12.9. The molecule has 0 saturated heterocycles. The monoisotopic (exact) mass is 247 g/mol. The molecule has 0 spiro atoms. The van der Waals surface area contributed by atoms with Gasteiger partial charge < -0.3 is 5.73 Å². The summed E-state index contributed by atoms with van der Waals surface area (Å²) in [7, 11) is -3.55. The third kappa shape index (κ3) is 3.14. The van der Waals surface area contributed by atoms with E-state index in [2.05, 4.69) is 9.71 Å². The van der Waals surface area contributed by atoms with E-state index in [4.69, 9.17) is 5.73 Å². The lowest BCUT2D eigenvalue weighted by Crippen LogP contribution is -2.33. The molecule has 3 N–H and O–H groups in total. The number of rotatable bonds is 5. The fourth-order valence-corrected chi connectivity index (χ4v) is 2.45. The highest BCUT2D eigenvalue weighted by Crippen LogP contribution is 2.11. The SMILES string of the molecule is CCC(CN)S(=O)(=O)Nc1ccc(F)cn1. The molecule has 16 heavy (non-hydrogen) atoms. The number of hydrogen-bond donors (Lipinski definition) is 2. The third-order valence-corrected chi connectivity index (χ3v) is 4.03.